The second-order valence-corrected chi connectivity index (χ2v) is 8.48. The minimum atomic E-state index is -3.69. The van der Waals surface area contributed by atoms with Crippen LogP contribution in [0.1, 0.15) is 20.8 Å². The summed E-state index contributed by atoms with van der Waals surface area (Å²) in [6.07, 6.45) is 0. The summed E-state index contributed by atoms with van der Waals surface area (Å²) in [5.41, 5.74) is -0.390. The van der Waals surface area contributed by atoms with Crippen LogP contribution >= 0.6 is 10.7 Å². The Morgan fingerprint density at radius 1 is 1.30 bits per heavy atom. The highest BCUT2D eigenvalue weighted by atomic mass is 35.7. The third kappa shape index (κ3) is 5.63. The fourth-order valence-corrected chi connectivity index (χ4v) is 3.10. The molecule has 1 rings (SSSR count). The molecule has 0 spiro atoms. The van der Waals surface area contributed by atoms with Gasteiger partial charge in [-0.15, -0.1) is 0 Å². The summed E-state index contributed by atoms with van der Waals surface area (Å²) in [7, 11) is 1.57. The van der Waals surface area contributed by atoms with Crippen LogP contribution in [0.3, 0.4) is 0 Å². The Kier molecular flexibility index (Phi) is 5.38. The molecule has 114 valence electrons. The van der Waals surface area contributed by atoms with Crippen molar-refractivity contribution in [2.45, 2.75) is 20.8 Å². The Bertz CT molecular complexity index is 567. The maximum Gasteiger partial charge on any atom is 0.233 e. The van der Waals surface area contributed by atoms with Gasteiger partial charge in [-0.25, -0.2) is 17.2 Å². The molecule has 0 aromatic heterocycles. The molecule has 1 aromatic carbocycles. The third-order valence-electron chi connectivity index (χ3n) is 2.96. The summed E-state index contributed by atoms with van der Waals surface area (Å²) < 4.78 is 53.8. The fraction of sp³-hybridized carbons (Fsp3) is 0.538. The molecular formula is C13H17ClF2O3S. The lowest BCUT2D eigenvalue weighted by Gasteiger charge is -2.29. The first-order chi connectivity index (χ1) is 8.99. The second kappa shape index (κ2) is 6.26. The minimum Gasteiger partial charge on any atom is -0.490 e. The first-order valence-corrected chi connectivity index (χ1v) is 8.47. The average Bonchev–Trinajstić information content (AvgIpc) is 2.23. The molecule has 0 saturated carbocycles. The Morgan fingerprint density at radius 3 is 2.35 bits per heavy atom. The van der Waals surface area contributed by atoms with E-state index in [1.807, 2.05) is 20.8 Å². The van der Waals surface area contributed by atoms with E-state index in [2.05, 4.69) is 0 Å². The topological polar surface area (TPSA) is 43.4 Å². The van der Waals surface area contributed by atoms with E-state index in [1.54, 1.807) is 0 Å². The summed E-state index contributed by atoms with van der Waals surface area (Å²) in [6.45, 7) is 5.48. The fourth-order valence-electron chi connectivity index (χ4n) is 1.57. The van der Waals surface area contributed by atoms with Gasteiger partial charge in [-0.3, -0.25) is 0 Å². The Hall–Kier alpha value is -0.880. The van der Waals surface area contributed by atoms with Crippen molar-refractivity contribution < 1.29 is 21.9 Å². The highest BCUT2D eigenvalue weighted by Crippen LogP contribution is 2.29. The van der Waals surface area contributed by atoms with Crippen molar-refractivity contribution >= 4 is 19.7 Å². The molecule has 0 fully saturated rings. The number of hydrogen-bond donors (Lipinski definition) is 0. The molecule has 1 unspecified atom stereocenters. The molecule has 0 amide bonds. The zero-order chi connectivity index (χ0) is 15.6. The molecule has 1 aromatic rings. The second-order valence-electron chi connectivity index (χ2n) is 5.65. The van der Waals surface area contributed by atoms with Crippen LogP contribution in [0.2, 0.25) is 0 Å². The van der Waals surface area contributed by atoms with Gasteiger partial charge in [0.15, 0.2) is 11.6 Å². The molecule has 0 aliphatic rings. The van der Waals surface area contributed by atoms with Gasteiger partial charge in [0.1, 0.15) is 5.82 Å². The van der Waals surface area contributed by atoms with Crippen LogP contribution < -0.4 is 4.74 Å². The largest absolute Gasteiger partial charge is 0.490 e. The van der Waals surface area contributed by atoms with Crippen molar-refractivity contribution in [2.24, 2.45) is 11.3 Å². The SMILES string of the molecule is CC(C)(C)C(COc1ccc(F)cc1F)CS(=O)(=O)Cl. The molecule has 7 heteroatoms. The van der Waals surface area contributed by atoms with Crippen LogP contribution in [0, 0.1) is 23.0 Å². The van der Waals surface area contributed by atoms with Crippen LogP contribution in [0.5, 0.6) is 5.75 Å². The van der Waals surface area contributed by atoms with Crippen molar-refractivity contribution in [2.75, 3.05) is 12.4 Å². The van der Waals surface area contributed by atoms with Crippen LogP contribution in [-0.2, 0) is 9.05 Å². The first kappa shape index (κ1) is 17.2. The molecule has 0 heterocycles. The number of ether oxygens (including phenoxy) is 1. The van der Waals surface area contributed by atoms with E-state index < -0.39 is 32.0 Å². The highest BCUT2D eigenvalue weighted by molar-refractivity contribution is 8.13. The van der Waals surface area contributed by atoms with Crippen LogP contribution in [0.15, 0.2) is 18.2 Å². The predicted octanol–water partition coefficient (Wildman–Crippen LogP) is 3.57. The standard InChI is InChI=1S/C13H17ClF2O3S/c1-13(2,3)9(8-20(14,17)18)7-19-12-5-4-10(15)6-11(12)16/h4-6,9H,7-8H2,1-3H3. The minimum absolute atomic E-state index is 0.0298. The van der Waals surface area contributed by atoms with Gasteiger partial charge in [-0.2, -0.15) is 0 Å². The van der Waals surface area contributed by atoms with Crippen molar-refractivity contribution in [3.8, 4) is 5.75 Å². The van der Waals surface area contributed by atoms with E-state index in [0.29, 0.717) is 6.07 Å². The van der Waals surface area contributed by atoms with Gasteiger partial charge in [-0.1, -0.05) is 20.8 Å². The number of benzene rings is 1. The molecule has 0 aliphatic carbocycles. The van der Waals surface area contributed by atoms with Crippen molar-refractivity contribution in [1.82, 2.24) is 0 Å². The summed E-state index contributed by atoms with van der Waals surface area (Å²) in [5, 5.41) is 0. The molecular weight excluding hydrogens is 310 g/mol. The molecule has 3 nitrogen and oxygen atoms in total. The summed E-state index contributed by atoms with van der Waals surface area (Å²) in [4.78, 5) is 0. The Balaban J connectivity index is 2.81. The van der Waals surface area contributed by atoms with Crippen molar-refractivity contribution in [1.29, 1.82) is 0 Å². The smallest absolute Gasteiger partial charge is 0.233 e. The quantitative estimate of drug-likeness (QED) is 0.777. The van der Waals surface area contributed by atoms with E-state index in [4.69, 9.17) is 15.4 Å². The molecule has 0 N–H and O–H groups in total. The lowest BCUT2D eigenvalue weighted by Crippen LogP contribution is -2.32. The molecule has 0 saturated heterocycles. The van der Waals surface area contributed by atoms with E-state index in [0.717, 1.165) is 6.07 Å². The average molecular weight is 327 g/mol. The number of halogens is 3. The van der Waals surface area contributed by atoms with Gasteiger partial charge in [-0.05, 0) is 17.5 Å². The van der Waals surface area contributed by atoms with E-state index in [9.17, 15) is 17.2 Å². The van der Waals surface area contributed by atoms with Gasteiger partial charge in [0.2, 0.25) is 9.05 Å². The summed E-state index contributed by atoms with van der Waals surface area (Å²) in [6, 6.07) is 2.95. The van der Waals surface area contributed by atoms with Crippen molar-refractivity contribution in [3.63, 3.8) is 0 Å². The first-order valence-electron chi connectivity index (χ1n) is 5.99. The number of hydrogen-bond acceptors (Lipinski definition) is 3. The van der Waals surface area contributed by atoms with Gasteiger partial charge in [0.25, 0.3) is 0 Å². The van der Waals surface area contributed by atoms with Crippen molar-refractivity contribution in [3.05, 3.63) is 29.8 Å². The van der Waals surface area contributed by atoms with Crippen LogP contribution in [0.25, 0.3) is 0 Å². The molecule has 0 bridgehead atoms. The van der Waals surface area contributed by atoms with E-state index in [-0.39, 0.29) is 18.1 Å². The van der Waals surface area contributed by atoms with Gasteiger partial charge < -0.3 is 4.74 Å². The Labute approximate surface area is 122 Å². The third-order valence-corrected chi connectivity index (χ3v) is 4.14. The molecule has 20 heavy (non-hydrogen) atoms. The number of rotatable bonds is 5. The molecule has 0 radical (unpaired) electrons. The van der Waals surface area contributed by atoms with Gasteiger partial charge in [0.05, 0.1) is 12.4 Å². The van der Waals surface area contributed by atoms with E-state index in [1.165, 1.54) is 6.07 Å². The zero-order valence-electron chi connectivity index (χ0n) is 11.5. The van der Waals surface area contributed by atoms with Gasteiger partial charge >= 0.3 is 0 Å². The Morgan fingerprint density at radius 2 is 1.90 bits per heavy atom. The zero-order valence-corrected chi connectivity index (χ0v) is 13.1. The highest BCUT2D eigenvalue weighted by Gasteiger charge is 2.30. The normalized spacial score (nSPS) is 14.1. The molecule has 1 atom stereocenters. The lowest BCUT2D eigenvalue weighted by atomic mass is 9.82. The van der Waals surface area contributed by atoms with E-state index >= 15 is 0 Å². The predicted molar refractivity (Wildman–Crippen MR) is 74.4 cm³/mol. The molecule has 0 aliphatic heterocycles. The summed E-state index contributed by atoms with van der Waals surface area (Å²) in [5.74, 6) is -2.35. The van der Waals surface area contributed by atoms with Crippen LogP contribution in [0.4, 0.5) is 8.78 Å². The maximum atomic E-state index is 13.4. The monoisotopic (exact) mass is 326 g/mol. The summed E-state index contributed by atoms with van der Waals surface area (Å²) >= 11 is 0. The van der Waals surface area contributed by atoms with Gasteiger partial charge in [0, 0.05) is 22.7 Å². The maximum absolute atomic E-state index is 13.4. The van der Waals surface area contributed by atoms with Crippen LogP contribution in [-0.4, -0.2) is 20.8 Å². The lowest BCUT2D eigenvalue weighted by molar-refractivity contribution is 0.159.